The van der Waals surface area contributed by atoms with Crippen molar-refractivity contribution in [1.82, 2.24) is 15.5 Å². The highest BCUT2D eigenvalue weighted by Gasteiger charge is 2.14. The Kier molecular flexibility index (Phi) is 7.39. The van der Waals surface area contributed by atoms with Gasteiger partial charge in [-0.1, -0.05) is 5.16 Å². The normalized spacial score (nSPS) is 10.5. The molecule has 2 heterocycles. The number of methoxy groups -OCH3 is 2. The van der Waals surface area contributed by atoms with Crippen molar-refractivity contribution in [3.05, 3.63) is 46.5 Å². The predicted octanol–water partition coefficient (Wildman–Crippen LogP) is 3.07. The number of benzene rings is 1. The minimum absolute atomic E-state index is 0.125. The highest BCUT2D eigenvalue weighted by atomic mass is 32.1. The monoisotopic (exact) mass is 431 g/mol. The van der Waals surface area contributed by atoms with Gasteiger partial charge in [0, 0.05) is 29.5 Å². The molecule has 0 fully saturated rings. The zero-order valence-electron chi connectivity index (χ0n) is 16.5. The first kappa shape index (κ1) is 21.3. The van der Waals surface area contributed by atoms with Crippen LogP contribution in [0.3, 0.4) is 0 Å². The Bertz CT molecular complexity index is 986. The summed E-state index contributed by atoms with van der Waals surface area (Å²) in [6.45, 7) is 0.258. The number of rotatable bonds is 10. The van der Waals surface area contributed by atoms with E-state index in [2.05, 4.69) is 15.5 Å². The Labute approximate surface area is 177 Å². The third kappa shape index (κ3) is 5.57. The summed E-state index contributed by atoms with van der Waals surface area (Å²) >= 11 is 1.45. The molecule has 0 spiro atoms. The van der Waals surface area contributed by atoms with Crippen LogP contribution in [0.25, 0.3) is 11.4 Å². The third-order valence-corrected chi connectivity index (χ3v) is 4.78. The maximum absolute atomic E-state index is 11.9. The Hall–Kier alpha value is -3.40. The summed E-state index contributed by atoms with van der Waals surface area (Å²) in [7, 11) is 3.09. The number of carbonyl (C=O) groups excluding carboxylic acids is 2. The molecule has 3 rings (SSSR count). The number of hydrogen-bond acceptors (Lipinski definition) is 9. The Morgan fingerprint density at radius 2 is 2.00 bits per heavy atom. The van der Waals surface area contributed by atoms with Crippen LogP contribution in [0.1, 0.15) is 29.1 Å². The first-order valence-electron chi connectivity index (χ1n) is 9.11. The minimum atomic E-state index is -0.411. The third-order valence-electron chi connectivity index (χ3n) is 4.09. The van der Waals surface area contributed by atoms with E-state index in [1.54, 1.807) is 36.8 Å². The van der Waals surface area contributed by atoms with Crippen LogP contribution >= 0.6 is 11.3 Å². The summed E-state index contributed by atoms with van der Waals surface area (Å²) in [5.41, 5.74) is 1.29. The molecule has 10 heteroatoms. The molecule has 9 nitrogen and oxygen atoms in total. The molecule has 30 heavy (non-hydrogen) atoms. The fourth-order valence-corrected chi connectivity index (χ4v) is 3.19. The van der Waals surface area contributed by atoms with Gasteiger partial charge < -0.3 is 24.1 Å². The number of aromatic nitrogens is 2. The molecule has 0 bridgehead atoms. The second-order valence-corrected chi connectivity index (χ2v) is 6.89. The van der Waals surface area contributed by atoms with E-state index in [0.717, 1.165) is 0 Å². The average Bonchev–Trinajstić information content (AvgIpc) is 3.47. The summed E-state index contributed by atoms with van der Waals surface area (Å²) in [5, 5.41) is 10.2. The second kappa shape index (κ2) is 10.4. The van der Waals surface area contributed by atoms with Crippen LogP contribution in [-0.2, 0) is 16.1 Å². The van der Waals surface area contributed by atoms with E-state index in [0.29, 0.717) is 41.4 Å². The lowest BCUT2D eigenvalue weighted by atomic mass is 10.2. The van der Waals surface area contributed by atoms with Crippen LogP contribution in [0.4, 0.5) is 0 Å². The van der Waals surface area contributed by atoms with Gasteiger partial charge in [-0.3, -0.25) is 9.59 Å². The van der Waals surface area contributed by atoms with E-state index >= 15 is 0 Å². The van der Waals surface area contributed by atoms with Gasteiger partial charge in [-0.2, -0.15) is 16.3 Å². The van der Waals surface area contributed by atoms with Crippen molar-refractivity contribution in [2.24, 2.45) is 0 Å². The van der Waals surface area contributed by atoms with Crippen molar-refractivity contribution in [2.75, 3.05) is 20.8 Å². The molecule has 1 amide bonds. The number of ether oxygens (including phenoxy) is 3. The first-order chi connectivity index (χ1) is 14.6. The zero-order valence-corrected chi connectivity index (χ0v) is 17.4. The smallest absolute Gasteiger partial charge is 0.306 e. The van der Waals surface area contributed by atoms with Gasteiger partial charge in [0.1, 0.15) is 0 Å². The van der Waals surface area contributed by atoms with Gasteiger partial charge in [-0.25, -0.2) is 0 Å². The van der Waals surface area contributed by atoms with Crippen molar-refractivity contribution in [1.29, 1.82) is 0 Å². The largest absolute Gasteiger partial charge is 0.493 e. The number of carbonyl (C=O) groups is 2. The SMILES string of the molecule is COc1ccc(-c2noc(COC(=O)CCCNC(=O)c3ccsc3)n2)cc1OC. The van der Waals surface area contributed by atoms with Crippen molar-refractivity contribution < 1.29 is 28.3 Å². The van der Waals surface area contributed by atoms with Crippen LogP contribution in [0.15, 0.2) is 39.5 Å². The number of nitrogens with one attached hydrogen (secondary N) is 1. The van der Waals surface area contributed by atoms with Gasteiger partial charge >= 0.3 is 5.97 Å². The maximum Gasteiger partial charge on any atom is 0.306 e. The molecule has 0 aliphatic carbocycles. The van der Waals surface area contributed by atoms with Crippen LogP contribution in [0.2, 0.25) is 0 Å². The van der Waals surface area contributed by atoms with Gasteiger partial charge in [0.2, 0.25) is 5.82 Å². The molecule has 0 saturated carbocycles. The van der Waals surface area contributed by atoms with E-state index in [1.807, 2.05) is 5.38 Å². The van der Waals surface area contributed by atoms with Crippen molar-refractivity contribution in [3.8, 4) is 22.9 Å². The molecule has 0 aliphatic rings. The molecule has 0 unspecified atom stereocenters. The molecule has 1 N–H and O–H groups in total. The standard InChI is InChI=1S/C20H21N3O6S/c1-26-15-6-5-13(10-16(15)27-2)19-22-17(29-23-19)11-28-18(24)4-3-8-21-20(25)14-7-9-30-12-14/h5-7,9-10,12H,3-4,8,11H2,1-2H3,(H,21,25). The van der Waals surface area contributed by atoms with Gasteiger partial charge in [0.25, 0.3) is 11.8 Å². The molecular formula is C20H21N3O6S. The molecule has 0 saturated heterocycles. The summed E-state index contributed by atoms with van der Waals surface area (Å²) in [6.07, 6.45) is 0.635. The van der Waals surface area contributed by atoms with E-state index in [-0.39, 0.29) is 24.8 Å². The molecule has 0 radical (unpaired) electrons. The van der Waals surface area contributed by atoms with Gasteiger partial charge in [0.05, 0.1) is 14.2 Å². The predicted molar refractivity (Wildman–Crippen MR) is 109 cm³/mol. The van der Waals surface area contributed by atoms with Crippen LogP contribution in [0, 0.1) is 0 Å². The number of amides is 1. The quantitative estimate of drug-likeness (QED) is 0.385. The van der Waals surface area contributed by atoms with E-state index < -0.39 is 5.97 Å². The maximum atomic E-state index is 11.9. The van der Waals surface area contributed by atoms with Crippen molar-refractivity contribution in [2.45, 2.75) is 19.4 Å². The highest BCUT2D eigenvalue weighted by Crippen LogP contribution is 2.31. The fourth-order valence-electron chi connectivity index (χ4n) is 2.55. The summed E-state index contributed by atoms with van der Waals surface area (Å²) in [5.74, 6) is 1.09. The van der Waals surface area contributed by atoms with Crippen molar-refractivity contribution >= 4 is 23.2 Å². The minimum Gasteiger partial charge on any atom is -0.493 e. The number of nitrogens with zero attached hydrogens (tertiary/aromatic N) is 2. The second-order valence-electron chi connectivity index (χ2n) is 6.11. The Balaban J connectivity index is 1.42. The Morgan fingerprint density at radius 3 is 2.73 bits per heavy atom. The fraction of sp³-hybridized carbons (Fsp3) is 0.300. The van der Waals surface area contributed by atoms with Gasteiger partial charge in [-0.05, 0) is 36.1 Å². The molecule has 2 aromatic heterocycles. The van der Waals surface area contributed by atoms with Crippen LogP contribution in [0.5, 0.6) is 11.5 Å². The van der Waals surface area contributed by atoms with Crippen molar-refractivity contribution in [3.63, 3.8) is 0 Å². The molecule has 158 valence electrons. The lowest BCUT2D eigenvalue weighted by molar-refractivity contribution is -0.145. The number of hydrogen-bond donors (Lipinski definition) is 1. The van der Waals surface area contributed by atoms with Crippen LogP contribution < -0.4 is 14.8 Å². The summed E-state index contributed by atoms with van der Waals surface area (Å²) in [4.78, 5) is 27.9. The lowest BCUT2D eigenvalue weighted by Gasteiger charge is -2.07. The lowest BCUT2D eigenvalue weighted by Crippen LogP contribution is -2.24. The molecule has 1 aromatic carbocycles. The highest BCUT2D eigenvalue weighted by molar-refractivity contribution is 7.08. The van der Waals surface area contributed by atoms with E-state index in [9.17, 15) is 9.59 Å². The zero-order chi connectivity index (χ0) is 21.3. The number of thiophene rings is 1. The summed E-state index contributed by atoms with van der Waals surface area (Å²) in [6, 6.07) is 6.98. The number of esters is 1. The Morgan fingerprint density at radius 1 is 1.17 bits per heavy atom. The topological polar surface area (TPSA) is 113 Å². The van der Waals surface area contributed by atoms with E-state index in [4.69, 9.17) is 18.7 Å². The summed E-state index contributed by atoms with van der Waals surface area (Å²) < 4.78 is 20.7. The molecule has 3 aromatic rings. The van der Waals surface area contributed by atoms with E-state index in [1.165, 1.54) is 18.4 Å². The van der Waals surface area contributed by atoms with Gasteiger partial charge in [0.15, 0.2) is 18.1 Å². The molecular weight excluding hydrogens is 410 g/mol. The molecule has 0 atom stereocenters. The van der Waals surface area contributed by atoms with Gasteiger partial charge in [-0.15, -0.1) is 0 Å². The average molecular weight is 431 g/mol. The van der Waals surface area contributed by atoms with Crippen LogP contribution in [-0.4, -0.2) is 42.8 Å². The first-order valence-corrected chi connectivity index (χ1v) is 10.1. The molecule has 0 aliphatic heterocycles.